The van der Waals surface area contributed by atoms with Crippen molar-refractivity contribution >= 4 is 0 Å². The Kier molecular flexibility index (Phi) is 3.45. The lowest BCUT2D eigenvalue weighted by Gasteiger charge is -2.37. The molecule has 0 aromatic carbocycles. The van der Waals surface area contributed by atoms with Crippen molar-refractivity contribution in [1.29, 1.82) is 0 Å². The van der Waals surface area contributed by atoms with E-state index in [0.717, 1.165) is 12.1 Å². The molecule has 0 amide bonds. The van der Waals surface area contributed by atoms with E-state index in [1.165, 1.54) is 0 Å². The number of nitrogens with zero attached hydrogens (tertiary/aromatic N) is 2. The van der Waals surface area contributed by atoms with E-state index in [-0.39, 0.29) is 16.5 Å². The van der Waals surface area contributed by atoms with Crippen molar-refractivity contribution in [1.82, 2.24) is 9.55 Å². The van der Waals surface area contributed by atoms with Gasteiger partial charge in [0.05, 0.1) is 23.8 Å². The van der Waals surface area contributed by atoms with Crippen LogP contribution in [0.25, 0.3) is 0 Å². The van der Waals surface area contributed by atoms with E-state index in [9.17, 15) is 0 Å². The fraction of sp³-hybridized carbons (Fsp3) is 0.786. The first-order valence-electron chi connectivity index (χ1n) is 6.26. The molecule has 0 atom stereocenters. The average Bonchev–Trinajstić information content (AvgIpc) is 2.44. The van der Waals surface area contributed by atoms with Gasteiger partial charge in [-0.2, -0.15) is 0 Å². The van der Waals surface area contributed by atoms with E-state index in [1.807, 2.05) is 26.4 Å². The zero-order valence-electron chi connectivity index (χ0n) is 12.3. The summed E-state index contributed by atoms with van der Waals surface area (Å²) < 4.78 is 2.22. The van der Waals surface area contributed by atoms with Crippen LogP contribution in [0.1, 0.15) is 60.6 Å². The molecule has 1 rings (SSSR count). The van der Waals surface area contributed by atoms with Gasteiger partial charge in [-0.15, -0.1) is 0 Å². The van der Waals surface area contributed by atoms with Crippen molar-refractivity contribution in [2.24, 2.45) is 11.1 Å². The highest BCUT2D eigenvalue weighted by Crippen LogP contribution is 2.34. The standard InChI is InChI=1S/C14H27N3/c1-12(2,3)9-13(4,5)17-10-16-8-11(17)14(6,7)15/h8,10H,9,15H2,1-7H3. The molecule has 2 N–H and O–H groups in total. The van der Waals surface area contributed by atoms with Crippen LogP contribution in [-0.2, 0) is 11.1 Å². The van der Waals surface area contributed by atoms with Gasteiger partial charge >= 0.3 is 0 Å². The normalized spacial score (nSPS) is 14.1. The maximum Gasteiger partial charge on any atom is 0.0953 e. The third-order valence-electron chi connectivity index (χ3n) is 2.91. The van der Waals surface area contributed by atoms with E-state index in [2.05, 4.69) is 44.2 Å². The van der Waals surface area contributed by atoms with Gasteiger partial charge in [0, 0.05) is 5.54 Å². The molecule has 0 spiro atoms. The molecule has 0 saturated heterocycles. The minimum absolute atomic E-state index is 0.0285. The van der Waals surface area contributed by atoms with Gasteiger partial charge in [-0.05, 0) is 39.5 Å². The molecule has 3 heteroatoms. The minimum Gasteiger partial charge on any atom is -0.327 e. The molecule has 3 nitrogen and oxygen atoms in total. The molecule has 0 radical (unpaired) electrons. The Hall–Kier alpha value is -0.830. The van der Waals surface area contributed by atoms with Crippen LogP contribution in [-0.4, -0.2) is 9.55 Å². The molecule has 1 heterocycles. The van der Waals surface area contributed by atoms with E-state index >= 15 is 0 Å². The Labute approximate surface area is 105 Å². The molecule has 98 valence electrons. The molecular weight excluding hydrogens is 210 g/mol. The smallest absolute Gasteiger partial charge is 0.0953 e. The lowest BCUT2D eigenvalue weighted by molar-refractivity contribution is 0.204. The maximum absolute atomic E-state index is 6.20. The van der Waals surface area contributed by atoms with Crippen LogP contribution >= 0.6 is 0 Å². The van der Waals surface area contributed by atoms with Gasteiger partial charge in [-0.25, -0.2) is 4.98 Å². The molecule has 17 heavy (non-hydrogen) atoms. The molecule has 1 aromatic heterocycles. The summed E-state index contributed by atoms with van der Waals surface area (Å²) in [6.07, 6.45) is 4.86. The van der Waals surface area contributed by atoms with Crippen LogP contribution in [0.15, 0.2) is 12.5 Å². The van der Waals surface area contributed by atoms with E-state index in [0.29, 0.717) is 0 Å². The van der Waals surface area contributed by atoms with E-state index in [1.54, 1.807) is 0 Å². The predicted octanol–water partition coefficient (Wildman–Crippen LogP) is 3.25. The minimum atomic E-state index is -0.356. The highest BCUT2D eigenvalue weighted by Gasteiger charge is 2.31. The predicted molar refractivity (Wildman–Crippen MR) is 72.8 cm³/mol. The van der Waals surface area contributed by atoms with Gasteiger partial charge in [0.15, 0.2) is 0 Å². The van der Waals surface area contributed by atoms with Crippen LogP contribution in [0.4, 0.5) is 0 Å². The van der Waals surface area contributed by atoms with Crippen LogP contribution in [0.2, 0.25) is 0 Å². The highest BCUT2D eigenvalue weighted by molar-refractivity contribution is 5.12. The number of hydrogen-bond donors (Lipinski definition) is 1. The van der Waals surface area contributed by atoms with Gasteiger partial charge < -0.3 is 10.3 Å². The SMILES string of the molecule is CC(C)(C)CC(C)(C)n1cncc1C(C)(C)N. The Morgan fingerprint density at radius 1 is 1.12 bits per heavy atom. The van der Waals surface area contributed by atoms with Crippen molar-refractivity contribution in [3.05, 3.63) is 18.2 Å². The quantitative estimate of drug-likeness (QED) is 0.877. The Balaban J connectivity index is 3.12. The zero-order valence-corrected chi connectivity index (χ0v) is 12.3. The molecule has 0 aliphatic heterocycles. The second kappa shape index (κ2) is 4.13. The molecule has 0 unspecified atom stereocenters. The lowest BCUT2D eigenvalue weighted by Crippen LogP contribution is -2.38. The maximum atomic E-state index is 6.20. The lowest BCUT2D eigenvalue weighted by atomic mass is 9.81. The van der Waals surface area contributed by atoms with Crippen LogP contribution in [0.3, 0.4) is 0 Å². The van der Waals surface area contributed by atoms with Crippen molar-refractivity contribution in [2.45, 2.75) is 66.0 Å². The largest absolute Gasteiger partial charge is 0.327 e. The fourth-order valence-corrected chi connectivity index (χ4v) is 2.64. The second-order valence-corrected chi connectivity index (χ2v) is 7.42. The first-order chi connectivity index (χ1) is 7.43. The summed E-state index contributed by atoms with van der Waals surface area (Å²) in [5.41, 5.74) is 7.25. The zero-order chi connectivity index (χ0) is 13.5. The Morgan fingerprint density at radius 2 is 1.65 bits per heavy atom. The fourth-order valence-electron chi connectivity index (χ4n) is 2.64. The van der Waals surface area contributed by atoms with Crippen LogP contribution in [0.5, 0.6) is 0 Å². The van der Waals surface area contributed by atoms with Gasteiger partial charge in [-0.1, -0.05) is 20.8 Å². The first kappa shape index (κ1) is 14.2. The second-order valence-electron chi connectivity index (χ2n) is 7.42. The van der Waals surface area contributed by atoms with Gasteiger partial charge in [-0.3, -0.25) is 0 Å². The summed E-state index contributed by atoms with van der Waals surface area (Å²) >= 11 is 0. The molecule has 0 aliphatic rings. The van der Waals surface area contributed by atoms with E-state index < -0.39 is 0 Å². The number of hydrogen-bond acceptors (Lipinski definition) is 2. The molecule has 0 aliphatic carbocycles. The molecule has 0 bridgehead atoms. The third-order valence-corrected chi connectivity index (χ3v) is 2.91. The Bertz CT molecular complexity index is 375. The van der Waals surface area contributed by atoms with Crippen LogP contribution in [0, 0.1) is 5.41 Å². The summed E-state index contributed by atoms with van der Waals surface area (Å²) in [6, 6.07) is 0. The first-order valence-corrected chi connectivity index (χ1v) is 6.26. The number of aromatic nitrogens is 2. The van der Waals surface area contributed by atoms with Gasteiger partial charge in [0.2, 0.25) is 0 Å². The number of imidazole rings is 1. The summed E-state index contributed by atoms with van der Waals surface area (Å²) in [4.78, 5) is 4.27. The highest BCUT2D eigenvalue weighted by atomic mass is 15.1. The van der Waals surface area contributed by atoms with Crippen molar-refractivity contribution in [2.75, 3.05) is 0 Å². The Morgan fingerprint density at radius 3 is 2.06 bits per heavy atom. The van der Waals surface area contributed by atoms with E-state index in [4.69, 9.17) is 5.73 Å². The van der Waals surface area contributed by atoms with Crippen molar-refractivity contribution in [3.8, 4) is 0 Å². The molecule has 0 saturated carbocycles. The molecule has 0 fully saturated rings. The summed E-state index contributed by atoms with van der Waals surface area (Å²) in [6.45, 7) is 15.3. The van der Waals surface area contributed by atoms with Crippen molar-refractivity contribution in [3.63, 3.8) is 0 Å². The summed E-state index contributed by atoms with van der Waals surface area (Å²) in [7, 11) is 0. The number of nitrogens with two attached hydrogens (primary N) is 1. The van der Waals surface area contributed by atoms with Crippen LogP contribution < -0.4 is 5.73 Å². The monoisotopic (exact) mass is 237 g/mol. The average molecular weight is 237 g/mol. The summed E-state index contributed by atoms with van der Waals surface area (Å²) in [5.74, 6) is 0. The van der Waals surface area contributed by atoms with Gasteiger partial charge in [0.1, 0.15) is 0 Å². The summed E-state index contributed by atoms with van der Waals surface area (Å²) in [5, 5.41) is 0. The number of rotatable bonds is 3. The topological polar surface area (TPSA) is 43.8 Å². The molecule has 1 aromatic rings. The van der Waals surface area contributed by atoms with Gasteiger partial charge in [0.25, 0.3) is 0 Å². The third kappa shape index (κ3) is 3.56. The molecular formula is C14H27N3. The van der Waals surface area contributed by atoms with Crippen molar-refractivity contribution < 1.29 is 0 Å².